The SMILES string of the molecule is CCCCCCCCCCc1ccc2oc(NC[C@H]3CCCN3)nc2c1.Cl. The van der Waals surface area contributed by atoms with Crippen molar-refractivity contribution >= 4 is 29.5 Å². The third-order valence-electron chi connectivity index (χ3n) is 5.43. The van der Waals surface area contributed by atoms with Gasteiger partial charge in [0.2, 0.25) is 0 Å². The van der Waals surface area contributed by atoms with Gasteiger partial charge in [0.15, 0.2) is 5.58 Å². The van der Waals surface area contributed by atoms with Crippen molar-refractivity contribution < 1.29 is 4.42 Å². The molecule has 27 heavy (non-hydrogen) atoms. The Bertz CT molecular complexity index is 652. The molecule has 0 radical (unpaired) electrons. The van der Waals surface area contributed by atoms with E-state index in [2.05, 4.69) is 40.7 Å². The molecule has 0 aliphatic carbocycles. The maximum absolute atomic E-state index is 5.82. The molecule has 1 aromatic heterocycles. The van der Waals surface area contributed by atoms with Crippen LogP contribution >= 0.6 is 12.4 Å². The van der Waals surface area contributed by atoms with Crippen molar-refractivity contribution in [3.8, 4) is 0 Å². The predicted octanol–water partition coefficient (Wildman–Crippen LogP) is 6.10. The first kappa shape index (κ1) is 22.0. The molecule has 152 valence electrons. The van der Waals surface area contributed by atoms with Crippen LogP contribution in [0.4, 0.5) is 6.01 Å². The summed E-state index contributed by atoms with van der Waals surface area (Å²) < 4.78 is 5.82. The number of fused-ring (bicyclic) bond motifs is 1. The predicted molar refractivity (Wildman–Crippen MR) is 117 cm³/mol. The van der Waals surface area contributed by atoms with Gasteiger partial charge in [-0.05, 0) is 49.9 Å². The molecule has 2 heterocycles. The maximum atomic E-state index is 5.82. The Hall–Kier alpha value is -1.26. The number of aryl methyl sites for hydroxylation is 1. The molecule has 3 rings (SSSR count). The second kappa shape index (κ2) is 12.2. The minimum absolute atomic E-state index is 0. The number of oxazole rings is 1. The van der Waals surface area contributed by atoms with E-state index in [4.69, 9.17) is 4.42 Å². The van der Waals surface area contributed by atoms with Gasteiger partial charge >= 0.3 is 0 Å². The fourth-order valence-electron chi connectivity index (χ4n) is 3.81. The monoisotopic (exact) mass is 393 g/mol. The molecular formula is C22H36ClN3O. The molecule has 0 spiro atoms. The Morgan fingerprint density at radius 1 is 1.11 bits per heavy atom. The van der Waals surface area contributed by atoms with Crippen molar-refractivity contribution in [1.82, 2.24) is 10.3 Å². The molecule has 4 nitrogen and oxygen atoms in total. The lowest BCUT2D eigenvalue weighted by Crippen LogP contribution is -2.29. The van der Waals surface area contributed by atoms with E-state index in [1.54, 1.807) is 0 Å². The molecule has 0 saturated carbocycles. The van der Waals surface area contributed by atoms with Crippen molar-refractivity contribution in [2.45, 2.75) is 83.6 Å². The van der Waals surface area contributed by atoms with Crippen LogP contribution in [0, 0.1) is 0 Å². The van der Waals surface area contributed by atoms with Gasteiger partial charge in [0.25, 0.3) is 6.01 Å². The summed E-state index contributed by atoms with van der Waals surface area (Å²) in [6.07, 6.45) is 14.6. The summed E-state index contributed by atoms with van der Waals surface area (Å²) in [6.45, 7) is 4.29. The fraction of sp³-hybridized carbons (Fsp3) is 0.682. The molecule has 2 aromatic rings. The summed E-state index contributed by atoms with van der Waals surface area (Å²) in [5.41, 5.74) is 3.23. The van der Waals surface area contributed by atoms with E-state index in [-0.39, 0.29) is 12.4 Å². The smallest absolute Gasteiger partial charge is 0.295 e. The highest BCUT2D eigenvalue weighted by molar-refractivity contribution is 5.85. The van der Waals surface area contributed by atoms with Gasteiger partial charge < -0.3 is 15.1 Å². The van der Waals surface area contributed by atoms with E-state index < -0.39 is 0 Å². The van der Waals surface area contributed by atoms with Crippen molar-refractivity contribution in [1.29, 1.82) is 0 Å². The zero-order chi connectivity index (χ0) is 18.0. The lowest BCUT2D eigenvalue weighted by Gasteiger charge is -2.09. The van der Waals surface area contributed by atoms with Crippen molar-refractivity contribution in [2.24, 2.45) is 0 Å². The molecule has 1 aliphatic rings. The van der Waals surface area contributed by atoms with Crippen LogP contribution in [0.3, 0.4) is 0 Å². The third-order valence-corrected chi connectivity index (χ3v) is 5.43. The normalized spacial score (nSPS) is 16.6. The molecule has 5 heteroatoms. The molecule has 1 aromatic carbocycles. The first-order valence-electron chi connectivity index (χ1n) is 10.7. The van der Waals surface area contributed by atoms with Gasteiger partial charge in [0.05, 0.1) is 0 Å². The van der Waals surface area contributed by atoms with E-state index in [0.717, 1.165) is 30.6 Å². The first-order valence-corrected chi connectivity index (χ1v) is 10.7. The second-order valence-electron chi connectivity index (χ2n) is 7.72. The molecule has 1 atom stereocenters. The average Bonchev–Trinajstić information content (AvgIpc) is 3.30. The van der Waals surface area contributed by atoms with Crippen LogP contribution in [0.5, 0.6) is 0 Å². The number of rotatable bonds is 12. The quantitative estimate of drug-likeness (QED) is 0.428. The third kappa shape index (κ3) is 7.34. The summed E-state index contributed by atoms with van der Waals surface area (Å²) in [5.74, 6) is 0. The van der Waals surface area contributed by atoms with Gasteiger partial charge in [0.1, 0.15) is 5.52 Å². The number of hydrogen-bond acceptors (Lipinski definition) is 4. The minimum Gasteiger partial charge on any atom is -0.424 e. The second-order valence-corrected chi connectivity index (χ2v) is 7.72. The van der Waals surface area contributed by atoms with Crippen molar-refractivity contribution in [2.75, 3.05) is 18.4 Å². The number of nitrogens with one attached hydrogen (secondary N) is 2. The Morgan fingerprint density at radius 3 is 2.63 bits per heavy atom. The summed E-state index contributed by atoms with van der Waals surface area (Å²) in [7, 11) is 0. The summed E-state index contributed by atoms with van der Waals surface area (Å²) in [6, 6.07) is 7.65. The average molecular weight is 394 g/mol. The molecule has 0 unspecified atom stereocenters. The molecule has 2 N–H and O–H groups in total. The zero-order valence-corrected chi connectivity index (χ0v) is 17.6. The summed E-state index contributed by atoms with van der Waals surface area (Å²) >= 11 is 0. The van der Waals surface area contributed by atoms with Crippen LogP contribution in [0.2, 0.25) is 0 Å². The van der Waals surface area contributed by atoms with Gasteiger partial charge in [-0.3, -0.25) is 0 Å². The van der Waals surface area contributed by atoms with E-state index >= 15 is 0 Å². The van der Waals surface area contributed by atoms with Crippen LogP contribution in [0.15, 0.2) is 22.6 Å². The minimum atomic E-state index is 0. The molecule has 0 amide bonds. The van der Waals surface area contributed by atoms with E-state index in [9.17, 15) is 0 Å². The highest BCUT2D eigenvalue weighted by Crippen LogP contribution is 2.21. The van der Waals surface area contributed by atoms with Crippen LogP contribution in [-0.2, 0) is 6.42 Å². The number of unbranched alkanes of at least 4 members (excludes halogenated alkanes) is 7. The summed E-state index contributed by atoms with van der Waals surface area (Å²) in [4.78, 5) is 4.61. The Morgan fingerprint density at radius 2 is 1.89 bits per heavy atom. The number of aromatic nitrogens is 1. The van der Waals surface area contributed by atoms with Gasteiger partial charge in [-0.15, -0.1) is 12.4 Å². The van der Waals surface area contributed by atoms with Crippen LogP contribution < -0.4 is 10.6 Å². The maximum Gasteiger partial charge on any atom is 0.295 e. The van der Waals surface area contributed by atoms with E-state index in [1.807, 2.05) is 0 Å². The van der Waals surface area contributed by atoms with Gasteiger partial charge in [-0.2, -0.15) is 4.98 Å². The van der Waals surface area contributed by atoms with Gasteiger partial charge in [0, 0.05) is 12.6 Å². The van der Waals surface area contributed by atoms with E-state index in [1.165, 1.54) is 69.8 Å². The molecular weight excluding hydrogens is 358 g/mol. The Balaban J connectivity index is 0.00000261. The molecule has 1 saturated heterocycles. The fourth-order valence-corrected chi connectivity index (χ4v) is 3.81. The highest BCUT2D eigenvalue weighted by Gasteiger charge is 2.14. The highest BCUT2D eigenvalue weighted by atomic mass is 35.5. The molecule has 0 bridgehead atoms. The first-order chi connectivity index (χ1) is 12.8. The Kier molecular flexibility index (Phi) is 10.00. The number of benzene rings is 1. The number of nitrogens with zero attached hydrogens (tertiary/aromatic N) is 1. The van der Waals surface area contributed by atoms with E-state index in [0.29, 0.717) is 12.1 Å². The van der Waals surface area contributed by atoms with Crippen LogP contribution in [0.1, 0.15) is 76.7 Å². The van der Waals surface area contributed by atoms with Crippen LogP contribution in [-0.4, -0.2) is 24.1 Å². The van der Waals surface area contributed by atoms with Gasteiger partial charge in [-0.1, -0.05) is 57.9 Å². The zero-order valence-electron chi connectivity index (χ0n) is 16.8. The lowest BCUT2D eigenvalue weighted by atomic mass is 10.0. The topological polar surface area (TPSA) is 50.1 Å². The lowest BCUT2D eigenvalue weighted by molar-refractivity contribution is 0.575. The summed E-state index contributed by atoms with van der Waals surface area (Å²) in [5, 5.41) is 6.82. The Labute approximate surface area is 170 Å². The molecule has 1 aliphatic heterocycles. The largest absolute Gasteiger partial charge is 0.424 e. The number of hydrogen-bond donors (Lipinski definition) is 2. The standard InChI is InChI=1S/C22H35N3O.ClH/c1-2-3-4-5-6-7-8-9-11-18-13-14-21-20(16-18)25-22(26-21)24-17-19-12-10-15-23-19;/h13-14,16,19,23H,2-12,15,17H2,1H3,(H,24,25);1H/t19-;/m1./s1. The van der Waals surface area contributed by atoms with Gasteiger partial charge in [-0.25, -0.2) is 0 Å². The number of anilines is 1. The van der Waals surface area contributed by atoms with Crippen molar-refractivity contribution in [3.63, 3.8) is 0 Å². The molecule has 1 fully saturated rings. The van der Waals surface area contributed by atoms with Crippen molar-refractivity contribution in [3.05, 3.63) is 23.8 Å². The van der Waals surface area contributed by atoms with Crippen LogP contribution in [0.25, 0.3) is 11.1 Å². The number of halogens is 1.